The molecule has 5 nitrogen and oxygen atoms in total. The van der Waals surface area contributed by atoms with Gasteiger partial charge in [0.05, 0.1) is 19.2 Å². The van der Waals surface area contributed by atoms with Gasteiger partial charge in [0.1, 0.15) is 12.0 Å². The van der Waals surface area contributed by atoms with Gasteiger partial charge < -0.3 is 19.2 Å². The third kappa shape index (κ3) is 4.58. The molecule has 0 aliphatic heterocycles. The van der Waals surface area contributed by atoms with Gasteiger partial charge >= 0.3 is 5.97 Å². The van der Waals surface area contributed by atoms with Gasteiger partial charge in [0.2, 0.25) is 0 Å². The lowest BCUT2D eigenvalue weighted by atomic mass is 10.2. The van der Waals surface area contributed by atoms with Crippen molar-refractivity contribution in [3.05, 3.63) is 23.7 Å². The maximum absolute atomic E-state index is 11.2. The van der Waals surface area contributed by atoms with Crippen molar-refractivity contribution in [2.24, 2.45) is 0 Å². The Kier molecular flexibility index (Phi) is 5.72. The Morgan fingerprint density at radius 2 is 2.29 bits per heavy atom. The summed E-state index contributed by atoms with van der Waals surface area (Å²) in [6.07, 6.45) is 2.34. The highest BCUT2D eigenvalue weighted by atomic mass is 16.5. The minimum absolute atomic E-state index is 0.335. The predicted octanol–water partition coefficient (Wildman–Crippen LogP) is 1.58. The molecule has 0 spiro atoms. The Morgan fingerprint density at radius 3 is 2.94 bits per heavy atom. The van der Waals surface area contributed by atoms with Crippen molar-refractivity contribution < 1.29 is 18.7 Å². The summed E-state index contributed by atoms with van der Waals surface area (Å²) in [5.41, 5.74) is 0.439. The predicted molar refractivity (Wildman–Crippen MR) is 62.8 cm³/mol. The summed E-state index contributed by atoms with van der Waals surface area (Å²) in [6, 6.07) is 2.02. The van der Waals surface area contributed by atoms with Crippen LogP contribution in [0.3, 0.4) is 0 Å². The quantitative estimate of drug-likeness (QED) is 0.734. The Morgan fingerprint density at radius 1 is 1.53 bits per heavy atom. The van der Waals surface area contributed by atoms with Gasteiger partial charge in [-0.05, 0) is 19.4 Å². The number of hydrogen-bond donors (Lipinski definition) is 1. The lowest BCUT2D eigenvalue weighted by Crippen LogP contribution is -2.26. The number of hydrogen-bond acceptors (Lipinski definition) is 5. The van der Waals surface area contributed by atoms with Crippen molar-refractivity contribution in [2.75, 3.05) is 20.8 Å². The van der Waals surface area contributed by atoms with Crippen LogP contribution in [0.2, 0.25) is 0 Å². The number of furan rings is 1. The molecule has 96 valence electrons. The van der Waals surface area contributed by atoms with Crippen LogP contribution in [0, 0.1) is 0 Å². The molecule has 0 saturated carbocycles. The van der Waals surface area contributed by atoms with E-state index >= 15 is 0 Å². The van der Waals surface area contributed by atoms with E-state index in [9.17, 15) is 4.79 Å². The molecule has 1 aromatic heterocycles. The van der Waals surface area contributed by atoms with E-state index in [2.05, 4.69) is 17.0 Å². The molecule has 1 unspecified atom stereocenters. The maximum atomic E-state index is 11.2. The molecule has 0 amide bonds. The molecule has 0 bridgehead atoms. The molecule has 1 atom stereocenters. The third-order valence-electron chi connectivity index (χ3n) is 2.45. The molecular formula is C12H19NO4. The monoisotopic (exact) mass is 241 g/mol. The molecule has 1 N–H and O–H groups in total. The standard InChI is InChI=1S/C12H19NO4/c1-9(4-5-15-2)13-7-11-6-10(8-17-11)12(14)16-3/h6,8-9,13H,4-5,7H2,1-3H3. The highest BCUT2D eigenvalue weighted by molar-refractivity contribution is 5.88. The fourth-order valence-corrected chi connectivity index (χ4v) is 1.37. The molecule has 0 aliphatic rings. The van der Waals surface area contributed by atoms with Crippen molar-refractivity contribution in [2.45, 2.75) is 25.9 Å². The Hall–Kier alpha value is -1.33. The highest BCUT2D eigenvalue weighted by Gasteiger charge is 2.10. The van der Waals surface area contributed by atoms with Crippen LogP contribution in [0.1, 0.15) is 29.5 Å². The Balaban J connectivity index is 2.36. The zero-order valence-electron chi connectivity index (χ0n) is 10.5. The molecule has 5 heteroatoms. The van der Waals surface area contributed by atoms with E-state index in [-0.39, 0.29) is 5.97 Å². The Bertz CT molecular complexity index is 348. The fourth-order valence-electron chi connectivity index (χ4n) is 1.37. The van der Waals surface area contributed by atoms with Crippen LogP contribution in [0.4, 0.5) is 0 Å². The third-order valence-corrected chi connectivity index (χ3v) is 2.45. The van der Waals surface area contributed by atoms with E-state index in [0.29, 0.717) is 18.2 Å². The summed E-state index contributed by atoms with van der Waals surface area (Å²) < 4.78 is 14.8. The summed E-state index contributed by atoms with van der Waals surface area (Å²) in [6.45, 7) is 3.38. The van der Waals surface area contributed by atoms with E-state index in [1.165, 1.54) is 13.4 Å². The molecule has 0 aliphatic carbocycles. The first-order valence-electron chi connectivity index (χ1n) is 5.55. The second-order valence-corrected chi connectivity index (χ2v) is 3.86. The largest absolute Gasteiger partial charge is 0.467 e. The molecule has 0 radical (unpaired) electrons. The van der Waals surface area contributed by atoms with Crippen LogP contribution in [0.5, 0.6) is 0 Å². The van der Waals surface area contributed by atoms with E-state index in [1.54, 1.807) is 13.2 Å². The van der Waals surface area contributed by atoms with Gasteiger partial charge in [-0.3, -0.25) is 0 Å². The van der Waals surface area contributed by atoms with Crippen molar-refractivity contribution in [3.63, 3.8) is 0 Å². The second-order valence-electron chi connectivity index (χ2n) is 3.86. The molecule has 1 aromatic rings. The zero-order valence-corrected chi connectivity index (χ0v) is 10.5. The zero-order chi connectivity index (χ0) is 12.7. The van der Waals surface area contributed by atoms with E-state index in [1.807, 2.05) is 0 Å². The van der Waals surface area contributed by atoms with Crippen LogP contribution < -0.4 is 5.32 Å². The first-order chi connectivity index (χ1) is 8.17. The smallest absolute Gasteiger partial charge is 0.341 e. The highest BCUT2D eigenvalue weighted by Crippen LogP contribution is 2.09. The number of ether oxygens (including phenoxy) is 2. The van der Waals surface area contributed by atoms with Crippen molar-refractivity contribution in [3.8, 4) is 0 Å². The molecule has 1 heterocycles. The normalized spacial score (nSPS) is 12.4. The van der Waals surface area contributed by atoms with Gasteiger partial charge in [0.25, 0.3) is 0 Å². The van der Waals surface area contributed by atoms with Crippen molar-refractivity contribution in [1.82, 2.24) is 5.32 Å². The maximum Gasteiger partial charge on any atom is 0.341 e. The SMILES string of the molecule is COCCC(C)NCc1cc(C(=O)OC)co1. The lowest BCUT2D eigenvalue weighted by molar-refractivity contribution is 0.0600. The van der Waals surface area contributed by atoms with E-state index in [0.717, 1.165) is 18.8 Å². The number of nitrogens with one attached hydrogen (secondary N) is 1. The number of carbonyl (C=O) groups excluding carboxylic acids is 1. The van der Waals surface area contributed by atoms with Gasteiger partial charge in [0, 0.05) is 19.8 Å². The van der Waals surface area contributed by atoms with Crippen LogP contribution in [-0.2, 0) is 16.0 Å². The molecule has 0 fully saturated rings. The minimum Gasteiger partial charge on any atom is -0.467 e. The van der Waals surface area contributed by atoms with Crippen LogP contribution in [-0.4, -0.2) is 32.8 Å². The average Bonchev–Trinajstić information content (AvgIpc) is 2.81. The molecule has 0 aromatic carbocycles. The topological polar surface area (TPSA) is 60.7 Å². The summed E-state index contributed by atoms with van der Waals surface area (Å²) in [5.74, 6) is 0.335. The second kappa shape index (κ2) is 7.09. The summed E-state index contributed by atoms with van der Waals surface area (Å²) in [4.78, 5) is 11.2. The minimum atomic E-state index is -0.382. The first kappa shape index (κ1) is 13.7. The number of carbonyl (C=O) groups is 1. The average molecular weight is 241 g/mol. The van der Waals surface area contributed by atoms with Gasteiger partial charge in [-0.1, -0.05) is 0 Å². The van der Waals surface area contributed by atoms with Gasteiger partial charge in [0.15, 0.2) is 0 Å². The van der Waals surface area contributed by atoms with Crippen LogP contribution in [0.25, 0.3) is 0 Å². The van der Waals surface area contributed by atoms with Gasteiger partial charge in [-0.15, -0.1) is 0 Å². The van der Waals surface area contributed by atoms with Gasteiger partial charge in [-0.25, -0.2) is 4.79 Å². The number of rotatable bonds is 7. The number of methoxy groups -OCH3 is 2. The van der Waals surface area contributed by atoms with Crippen molar-refractivity contribution in [1.29, 1.82) is 0 Å². The Labute approximate surface area is 101 Å². The first-order valence-corrected chi connectivity index (χ1v) is 5.55. The summed E-state index contributed by atoms with van der Waals surface area (Å²) in [7, 11) is 3.03. The van der Waals surface area contributed by atoms with Crippen LogP contribution in [0.15, 0.2) is 16.7 Å². The van der Waals surface area contributed by atoms with E-state index < -0.39 is 0 Å². The molecular weight excluding hydrogens is 222 g/mol. The molecule has 0 saturated heterocycles. The van der Waals surface area contributed by atoms with Crippen molar-refractivity contribution >= 4 is 5.97 Å². The molecule has 17 heavy (non-hydrogen) atoms. The van der Waals surface area contributed by atoms with Gasteiger partial charge in [-0.2, -0.15) is 0 Å². The number of esters is 1. The van der Waals surface area contributed by atoms with Crippen LogP contribution >= 0.6 is 0 Å². The summed E-state index contributed by atoms with van der Waals surface area (Å²) >= 11 is 0. The molecule has 1 rings (SSSR count). The summed E-state index contributed by atoms with van der Waals surface area (Å²) in [5, 5.41) is 3.28. The van der Waals surface area contributed by atoms with E-state index in [4.69, 9.17) is 9.15 Å². The lowest BCUT2D eigenvalue weighted by Gasteiger charge is -2.11. The fraction of sp³-hybridized carbons (Fsp3) is 0.583.